The van der Waals surface area contributed by atoms with Crippen LogP contribution in [0.15, 0.2) is 24.3 Å². The third-order valence-corrected chi connectivity index (χ3v) is 4.63. The van der Waals surface area contributed by atoms with Crippen molar-refractivity contribution in [2.75, 3.05) is 26.7 Å². The normalized spacial score (nSPS) is 27.3. The van der Waals surface area contributed by atoms with E-state index in [4.69, 9.17) is 5.73 Å². The second-order valence-corrected chi connectivity index (χ2v) is 5.85. The van der Waals surface area contributed by atoms with Gasteiger partial charge in [-0.2, -0.15) is 0 Å². The van der Waals surface area contributed by atoms with Crippen LogP contribution in [0.1, 0.15) is 36.3 Å². The van der Waals surface area contributed by atoms with Crippen molar-refractivity contribution in [1.82, 2.24) is 4.90 Å². The number of hydrogen-bond donors (Lipinski definition) is 1. The number of likely N-dealkylation sites (tertiary alicyclic amines) is 1. The van der Waals surface area contributed by atoms with E-state index in [0.29, 0.717) is 5.41 Å². The monoisotopic (exact) mass is 230 g/mol. The van der Waals surface area contributed by atoms with Gasteiger partial charge in [0.1, 0.15) is 0 Å². The number of nitrogens with two attached hydrogens (primary N) is 1. The molecule has 1 saturated heterocycles. The molecule has 0 spiro atoms. The molecule has 1 saturated carbocycles. The minimum atomic E-state index is 0.338. The van der Waals surface area contributed by atoms with Crippen LogP contribution in [0.3, 0.4) is 0 Å². The van der Waals surface area contributed by atoms with Crippen molar-refractivity contribution in [3.05, 3.63) is 35.4 Å². The lowest BCUT2D eigenvalue weighted by molar-refractivity contribution is 0.411. The molecule has 1 aromatic carbocycles. The van der Waals surface area contributed by atoms with Crippen LogP contribution in [-0.2, 0) is 5.41 Å². The highest BCUT2D eigenvalue weighted by Crippen LogP contribution is 2.47. The highest BCUT2D eigenvalue weighted by atomic mass is 15.1. The summed E-state index contributed by atoms with van der Waals surface area (Å²) in [5.41, 5.74) is 9.17. The van der Waals surface area contributed by atoms with E-state index in [1.807, 2.05) is 0 Å². The third-order valence-electron chi connectivity index (χ3n) is 4.63. The van der Waals surface area contributed by atoms with Crippen LogP contribution in [0, 0.1) is 0 Å². The lowest BCUT2D eigenvalue weighted by Gasteiger charge is -2.15. The van der Waals surface area contributed by atoms with Crippen LogP contribution in [-0.4, -0.2) is 31.6 Å². The quantitative estimate of drug-likeness (QED) is 0.861. The molecule has 1 aliphatic carbocycles. The van der Waals surface area contributed by atoms with Gasteiger partial charge < -0.3 is 10.6 Å². The van der Waals surface area contributed by atoms with Gasteiger partial charge in [-0.15, -0.1) is 0 Å². The van der Waals surface area contributed by atoms with Crippen molar-refractivity contribution in [2.24, 2.45) is 5.73 Å². The average molecular weight is 230 g/mol. The molecule has 2 fully saturated rings. The Balaban J connectivity index is 1.76. The van der Waals surface area contributed by atoms with E-state index < -0.39 is 0 Å². The number of rotatable bonds is 3. The summed E-state index contributed by atoms with van der Waals surface area (Å²) in [6, 6.07) is 9.28. The first kappa shape index (κ1) is 11.2. The average Bonchev–Trinajstić information content (AvgIpc) is 3.06. The standard InChI is InChI=1S/C15H22N2/c1-17-9-6-13(10-17)12-2-4-14(5-3-12)15(11-16)7-8-15/h2-5,13H,6-11,16H2,1H3. The predicted molar refractivity (Wildman–Crippen MR) is 71.3 cm³/mol. The Morgan fingerprint density at radius 1 is 1.29 bits per heavy atom. The molecule has 92 valence electrons. The van der Waals surface area contributed by atoms with Gasteiger partial charge in [0.2, 0.25) is 0 Å². The van der Waals surface area contributed by atoms with Crippen molar-refractivity contribution in [3.63, 3.8) is 0 Å². The summed E-state index contributed by atoms with van der Waals surface area (Å²) in [5.74, 6) is 0.738. The van der Waals surface area contributed by atoms with Crippen LogP contribution in [0.4, 0.5) is 0 Å². The van der Waals surface area contributed by atoms with Gasteiger partial charge in [-0.1, -0.05) is 24.3 Å². The molecule has 1 heterocycles. The van der Waals surface area contributed by atoms with Crippen LogP contribution >= 0.6 is 0 Å². The highest BCUT2D eigenvalue weighted by molar-refractivity contribution is 5.35. The van der Waals surface area contributed by atoms with Crippen LogP contribution < -0.4 is 5.73 Å². The van der Waals surface area contributed by atoms with Gasteiger partial charge in [0.25, 0.3) is 0 Å². The maximum atomic E-state index is 5.87. The lowest BCUT2D eigenvalue weighted by atomic mass is 9.91. The minimum Gasteiger partial charge on any atom is -0.330 e. The third kappa shape index (κ3) is 2.00. The van der Waals surface area contributed by atoms with Gasteiger partial charge >= 0.3 is 0 Å². The molecule has 3 rings (SSSR count). The van der Waals surface area contributed by atoms with Crippen LogP contribution in [0.2, 0.25) is 0 Å². The van der Waals surface area contributed by atoms with Gasteiger partial charge in [-0.05, 0) is 49.9 Å². The summed E-state index contributed by atoms with van der Waals surface area (Å²) in [7, 11) is 2.21. The maximum Gasteiger partial charge on any atom is 0.00762 e. The Morgan fingerprint density at radius 3 is 2.47 bits per heavy atom. The van der Waals surface area contributed by atoms with Gasteiger partial charge in [-0.3, -0.25) is 0 Å². The molecule has 1 aromatic rings. The van der Waals surface area contributed by atoms with Crippen molar-refractivity contribution in [2.45, 2.75) is 30.6 Å². The lowest BCUT2D eigenvalue weighted by Crippen LogP contribution is -2.19. The molecule has 2 aliphatic rings. The molecule has 2 heteroatoms. The minimum absolute atomic E-state index is 0.338. The Labute approximate surface area is 104 Å². The van der Waals surface area contributed by atoms with Crippen molar-refractivity contribution >= 4 is 0 Å². The zero-order valence-corrected chi connectivity index (χ0v) is 10.7. The summed E-state index contributed by atoms with van der Waals surface area (Å²) < 4.78 is 0. The second kappa shape index (κ2) is 4.11. The summed E-state index contributed by atoms with van der Waals surface area (Å²) in [5, 5.41) is 0. The molecule has 1 aliphatic heterocycles. The Kier molecular flexibility index (Phi) is 2.72. The van der Waals surface area contributed by atoms with Crippen molar-refractivity contribution in [1.29, 1.82) is 0 Å². The molecular formula is C15H22N2. The number of benzene rings is 1. The first-order valence-electron chi connectivity index (χ1n) is 6.73. The number of hydrogen-bond acceptors (Lipinski definition) is 2. The first-order chi connectivity index (χ1) is 8.23. The van der Waals surface area contributed by atoms with E-state index in [2.05, 4.69) is 36.2 Å². The summed E-state index contributed by atoms with van der Waals surface area (Å²) >= 11 is 0. The molecule has 0 aromatic heterocycles. The van der Waals surface area contributed by atoms with Crippen LogP contribution in [0.25, 0.3) is 0 Å². The van der Waals surface area contributed by atoms with Crippen molar-refractivity contribution < 1.29 is 0 Å². The number of likely N-dealkylation sites (N-methyl/N-ethyl adjacent to an activating group) is 1. The second-order valence-electron chi connectivity index (χ2n) is 5.85. The number of nitrogens with zero attached hydrogens (tertiary/aromatic N) is 1. The highest BCUT2D eigenvalue weighted by Gasteiger charge is 2.42. The molecule has 2 nitrogen and oxygen atoms in total. The van der Waals surface area contributed by atoms with E-state index in [1.165, 1.54) is 43.5 Å². The fourth-order valence-corrected chi connectivity index (χ4v) is 3.08. The zero-order chi connectivity index (χ0) is 11.9. The van der Waals surface area contributed by atoms with Gasteiger partial charge in [0, 0.05) is 18.5 Å². The van der Waals surface area contributed by atoms with Crippen molar-refractivity contribution in [3.8, 4) is 0 Å². The molecule has 1 atom stereocenters. The van der Waals surface area contributed by atoms with E-state index in [-0.39, 0.29) is 0 Å². The summed E-state index contributed by atoms with van der Waals surface area (Å²) in [6.07, 6.45) is 3.85. The van der Waals surface area contributed by atoms with Crippen LogP contribution in [0.5, 0.6) is 0 Å². The molecule has 1 unspecified atom stereocenters. The molecular weight excluding hydrogens is 208 g/mol. The predicted octanol–water partition coefficient (Wildman–Crippen LogP) is 2.10. The van der Waals surface area contributed by atoms with E-state index >= 15 is 0 Å². The molecule has 17 heavy (non-hydrogen) atoms. The van der Waals surface area contributed by atoms with E-state index in [9.17, 15) is 0 Å². The Hall–Kier alpha value is -0.860. The van der Waals surface area contributed by atoms with E-state index in [0.717, 1.165) is 12.5 Å². The van der Waals surface area contributed by atoms with Gasteiger partial charge in [-0.25, -0.2) is 0 Å². The summed E-state index contributed by atoms with van der Waals surface area (Å²) in [4.78, 5) is 2.42. The van der Waals surface area contributed by atoms with Gasteiger partial charge in [0.15, 0.2) is 0 Å². The summed E-state index contributed by atoms with van der Waals surface area (Å²) in [6.45, 7) is 3.25. The molecule has 0 radical (unpaired) electrons. The fraction of sp³-hybridized carbons (Fsp3) is 0.600. The smallest absolute Gasteiger partial charge is 0.00762 e. The fourth-order valence-electron chi connectivity index (χ4n) is 3.08. The molecule has 0 bridgehead atoms. The van der Waals surface area contributed by atoms with Gasteiger partial charge in [0.05, 0.1) is 0 Å². The Morgan fingerprint density at radius 2 is 2.00 bits per heavy atom. The van der Waals surface area contributed by atoms with E-state index in [1.54, 1.807) is 0 Å². The Bertz CT molecular complexity index is 392. The SMILES string of the molecule is CN1CCC(c2ccc(C3(CN)CC3)cc2)C1. The largest absolute Gasteiger partial charge is 0.330 e. The topological polar surface area (TPSA) is 29.3 Å². The molecule has 2 N–H and O–H groups in total. The first-order valence-corrected chi connectivity index (χ1v) is 6.73. The maximum absolute atomic E-state index is 5.87. The molecule has 0 amide bonds. The zero-order valence-electron chi connectivity index (χ0n) is 10.7.